The number of hydrogen-bond donors (Lipinski definition) is 3. The van der Waals surface area contributed by atoms with Crippen molar-refractivity contribution in [3.8, 4) is 11.5 Å². The van der Waals surface area contributed by atoms with E-state index in [1.54, 1.807) is 6.07 Å². The van der Waals surface area contributed by atoms with E-state index in [1.807, 2.05) is 13.8 Å². The molecule has 2 rings (SSSR count). The highest BCUT2D eigenvalue weighted by molar-refractivity contribution is 5.98. The first-order valence-corrected chi connectivity index (χ1v) is 5.69. The second-order valence-corrected chi connectivity index (χ2v) is 4.36. The van der Waals surface area contributed by atoms with Gasteiger partial charge in [-0.25, -0.2) is 4.79 Å². The van der Waals surface area contributed by atoms with Crippen LogP contribution in [0, 0.1) is 0 Å². The number of hydrogen-bond acceptors (Lipinski definition) is 4. The molecule has 1 aromatic heterocycles. The maximum absolute atomic E-state index is 11.8. The topological polar surface area (TPSA) is 99.6 Å². The molecule has 1 heterocycles. The van der Waals surface area contributed by atoms with Crippen molar-refractivity contribution in [1.82, 2.24) is 4.98 Å². The molecular weight excluding hydrogens is 250 g/mol. The molecule has 19 heavy (non-hydrogen) atoms. The summed E-state index contributed by atoms with van der Waals surface area (Å²) in [6.45, 7) is 3.69. The normalized spacial score (nSPS) is 10.9. The molecule has 3 N–H and O–H groups in total. The van der Waals surface area contributed by atoms with E-state index in [4.69, 9.17) is 9.84 Å². The van der Waals surface area contributed by atoms with Gasteiger partial charge in [-0.2, -0.15) is 0 Å². The van der Waals surface area contributed by atoms with Gasteiger partial charge < -0.3 is 19.9 Å². The van der Waals surface area contributed by atoms with E-state index >= 15 is 0 Å². The van der Waals surface area contributed by atoms with E-state index in [2.05, 4.69) is 4.98 Å². The van der Waals surface area contributed by atoms with Crippen LogP contribution in [-0.4, -0.2) is 27.3 Å². The minimum Gasteiger partial charge on any atom is -0.505 e. The highest BCUT2D eigenvalue weighted by Gasteiger charge is 2.16. The van der Waals surface area contributed by atoms with Crippen molar-refractivity contribution in [3.63, 3.8) is 0 Å². The number of carboxylic acids is 1. The van der Waals surface area contributed by atoms with Gasteiger partial charge in [-0.1, -0.05) is 0 Å². The SMILES string of the molecule is CC(C)Oc1ccc2c(O)c(C(=O)O)[nH]c(=O)c2c1. The van der Waals surface area contributed by atoms with Crippen molar-refractivity contribution >= 4 is 16.7 Å². The summed E-state index contributed by atoms with van der Waals surface area (Å²) in [5, 5.41) is 19.1. The molecular formula is C13H13NO5. The molecule has 2 aromatic rings. The fourth-order valence-corrected chi connectivity index (χ4v) is 1.79. The average Bonchev–Trinajstić information content (AvgIpc) is 2.32. The van der Waals surface area contributed by atoms with Gasteiger partial charge in [-0.05, 0) is 32.0 Å². The number of carbonyl (C=O) groups is 1. The van der Waals surface area contributed by atoms with Crippen LogP contribution >= 0.6 is 0 Å². The monoisotopic (exact) mass is 263 g/mol. The Morgan fingerprint density at radius 3 is 2.58 bits per heavy atom. The van der Waals surface area contributed by atoms with Gasteiger partial charge in [0, 0.05) is 5.39 Å². The van der Waals surface area contributed by atoms with E-state index in [1.165, 1.54) is 12.1 Å². The lowest BCUT2D eigenvalue weighted by Gasteiger charge is -2.11. The number of H-pyrrole nitrogens is 1. The summed E-state index contributed by atoms with van der Waals surface area (Å²) in [7, 11) is 0. The Labute approximate surface area is 108 Å². The lowest BCUT2D eigenvalue weighted by atomic mass is 10.1. The van der Waals surface area contributed by atoms with E-state index in [0.717, 1.165) is 0 Å². The zero-order valence-corrected chi connectivity index (χ0v) is 10.4. The number of aromatic hydroxyl groups is 1. The second kappa shape index (κ2) is 4.64. The third-order valence-corrected chi connectivity index (χ3v) is 2.55. The molecule has 0 spiro atoms. The summed E-state index contributed by atoms with van der Waals surface area (Å²) in [4.78, 5) is 24.8. The lowest BCUT2D eigenvalue weighted by Crippen LogP contribution is -2.14. The zero-order valence-electron chi connectivity index (χ0n) is 10.4. The summed E-state index contributed by atoms with van der Waals surface area (Å²) in [5.74, 6) is -1.37. The summed E-state index contributed by atoms with van der Waals surface area (Å²) < 4.78 is 5.44. The van der Waals surface area contributed by atoms with Crippen molar-refractivity contribution in [3.05, 3.63) is 34.2 Å². The van der Waals surface area contributed by atoms with Crippen LogP contribution in [0.4, 0.5) is 0 Å². The first-order valence-electron chi connectivity index (χ1n) is 5.69. The van der Waals surface area contributed by atoms with Crippen LogP contribution in [0.2, 0.25) is 0 Å². The molecule has 1 aromatic carbocycles. The van der Waals surface area contributed by atoms with Gasteiger partial charge in [0.15, 0.2) is 11.4 Å². The van der Waals surface area contributed by atoms with Crippen LogP contribution in [-0.2, 0) is 0 Å². The van der Waals surface area contributed by atoms with Crippen molar-refractivity contribution in [2.45, 2.75) is 20.0 Å². The number of nitrogens with one attached hydrogen (secondary N) is 1. The van der Waals surface area contributed by atoms with Gasteiger partial charge in [-0.3, -0.25) is 4.79 Å². The molecule has 0 bridgehead atoms. The highest BCUT2D eigenvalue weighted by atomic mass is 16.5. The number of pyridine rings is 1. The molecule has 6 nitrogen and oxygen atoms in total. The molecule has 0 aliphatic rings. The summed E-state index contributed by atoms with van der Waals surface area (Å²) >= 11 is 0. The Balaban J connectivity index is 2.69. The van der Waals surface area contributed by atoms with Crippen LogP contribution in [0.25, 0.3) is 10.8 Å². The van der Waals surface area contributed by atoms with Crippen LogP contribution < -0.4 is 10.3 Å². The number of fused-ring (bicyclic) bond motifs is 1. The number of ether oxygens (including phenoxy) is 1. The summed E-state index contributed by atoms with van der Waals surface area (Å²) in [5.41, 5.74) is -1.10. The molecule has 0 aliphatic carbocycles. The minimum absolute atomic E-state index is 0.0524. The van der Waals surface area contributed by atoms with Gasteiger partial charge >= 0.3 is 5.97 Å². The van der Waals surface area contributed by atoms with Gasteiger partial charge in [-0.15, -0.1) is 0 Å². The zero-order chi connectivity index (χ0) is 14.2. The number of aromatic amines is 1. The standard InChI is InChI=1S/C13H13NO5/c1-6(2)19-7-3-4-8-9(5-7)12(16)14-10(11(8)15)13(17)18/h3-6,15H,1-2H3,(H,14,16)(H,17,18). The number of aromatic nitrogens is 1. The van der Waals surface area contributed by atoms with Crippen LogP contribution in [0.1, 0.15) is 24.3 Å². The first-order chi connectivity index (χ1) is 8.90. The van der Waals surface area contributed by atoms with Crippen molar-refractivity contribution in [2.24, 2.45) is 0 Å². The number of aromatic carboxylic acids is 1. The van der Waals surface area contributed by atoms with Gasteiger partial charge in [0.05, 0.1) is 11.5 Å². The molecule has 0 radical (unpaired) electrons. The maximum Gasteiger partial charge on any atom is 0.356 e. The lowest BCUT2D eigenvalue weighted by molar-refractivity contribution is 0.0687. The number of rotatable bonds is 3. The molecule has 100 valence electrons. The first kappa shape index (κ1) is 12.9. The minimum atomic E-state index is -1.39. The molecule has 0 saturated carbocycles. The van der Waals surface area contributed by atoms with E-state index in [0.29, 0.717) is 5.75 Å². The Bertz CT molecular complexity index is 702. The molecule has 0 saturated heterocycles. The Hall–Kier alpha value is -2.50. The largest absolute Gasteiger partial charge is 0.505 e. The third kappa shape index (κ3) is 2.37. The van der Waals surface area contributed by atoms with Crippen molar-refractivity contribution in [2.75, 3.05) is 0 Å². The Kier molecular flexibility index (Phi) is 3.16. The van der Waals surface area contributed by atoms with Gasteiger partial charge in [0.25, 0.3) is 5.56 Å². The summed E-state index contributed by atoms with van der Waals surface area (Å²) in [6, 6.07) is 4.51. The van der Waals surface area contributed by atoms with E-state index in [9.17, 15) is 14.7 Å². The number of carboxylic acid groups (broad SMARTS) is 1. The van der Waals surface area contributed by atoms with Crippen LogP contribution in [0.3, 0.4) is 0 Å². The molecule has 0 amide bonds. The molecule has 0 atom stereocenters. The van der Waals surface area contributed by atoms with E-state index < -0.39 is 23.0 Å². The second-order valence-electron chi connectivity index (χ2n) is 4.36. The maximum atomic E-state index is 11.8. The summed E-state index contributed by atoms with van der Waals surface area (Å²) in [6.07, 6.45) is -0.0524. The Morgan fingerprint density at radius 1 is 1.32 bits per heavy atom. The smallest absolute Gasteiger partial charge is 0.356 e. The molecule has 0 aliphatic heterocycles. The highest BCUT2D eigenvalue weighted by Crippen LogP contribution is 2.28. The van der Waals surface area contributed by atoms with E-state index in [-0.39, 0.29) is 16.9 Å². The van der Waals surface area contributed by atoms with Crippen molar-refractivity contribution < 1.29 is 19.7 Å². The average molecular weight is 263 g/mol. The fraction of sp³-hybridized carbons (Fsp3) is 0.231. The molecule has 6 heteroatoms. The van der Waals surface area contributed by atoms with Gasteiger partial charge in [0.1, 0.15) is 5.75 Å². The van der Waals surface area contributed by atoms with Crippen LogP contribution in [0.15, 0.2) is 23.0 Å². The van der Waals surface area contributed by atoms with Gasteiger partial charge in [0.2, 0.25) is 0 Å². The Morgan fingerprint density at radius 2 is 2.00 bits per heavy atom. The third-order valence-electron chi connectivity index (χ3n) is 2.55. The predicted molar refractivity (Wildman–Crippen MR) is 69.0 cm³/mol. The number of benzene rings is 1. The molecule has 0 fully saturated rings. The quantitative estimate of drug-likeness (QED) is 0.783. The molecule has 0 unspecified atom stereocenters. The van der Waals surface area contributed by atoms with Crippen molar-refractivity contribution in [1.29, 1.82) is 0 Å². The van der Waals surface area contributed by atoms with Crippen LogP contribution in [0.5, 0.6) is 11.5 Å². The predicted octanol–water partition coefficient (Wildman–Crippen LogP) is 1.72. The fourth-order valence-electron chi connectivity index (χ4n) is 1.79.